The summed E-state index contributed by atoms with van der Waals surface area (Å²) in [6.07, 6.45) is 2.38. The molecule has 0 spiro atoms. The van der Waals surface area contributed by atoms with E-state index in [-0.39, 0.29) is 12.0 Å². The molecule has 1 aromatic rings. The average Bonchev–Trinajstić information content (AvgIpc) is 3.44. The molecule has 2 rings (SSSR count). The molecule has 4 nitrogen and oxygen atoms in total. The Kier molecular flexibility index (Phi) is 7.91. The van der Waals surface area contributed by atoms with E-state index in [9.17, 15) is 4.79 Å². The number of hydrogen-bond donors (Lipinski definition) is 1. The van der Waals surface area contributed by atoms with E-state index >= 15 is 0 Å². The van der Waals surface area contributed by atoms with Crippen LogP contribution in [0.25, 0.3) is 0 Å². The smallest absolute Gasteiger partial charge is 0.327 e. The first-order valence-corrected chi connectivity index (χ1v) is 9.77. The van der Waals surface area contributed by atoms with Gasteiger partial charge < -0.3 is 9.64 Å². The molecule has 4 heteroatoms. The molecule has 1 aliphatic carbocycles. The largest absolute Gasteiger partial charge is 0.464 e. The predicted molar refractivity (Wildman–Crippen MR) is 103 cm³/mol. The molecule has 0 aliphatic heterocycles. The molecule has 1 aliphatic rings. The summed E-state index contributed by atoms with van der Waals surface area (Å²) in [4.78, 5) is 15.0. The summed E-state index contributed by atoms with van der Waals surface area (Å²) in [5.41, 5.74) is 2.28. The van der Waals surface area contributed by atoms with Gasteiger partial charge in [0.1, 0.15) is 6.04 Å². The highest BCUT2D eigenvalue weighted by Crippen LogP contribution is 2.29. The molecule has 0 saturated heterocycles. The maximum atomic E-state index is 12.6. The lowest BCUT2D eigenvalue weighted by Gasteiger charge is -2.22. The monoisotopic (exact) mass is 346 g/mol. The van der Waals surface area contributed by atoms with Crippen molar-refractivity contribution in [3.63, 3.8) is 0 Å². The van der Waals surface area contributed by atoms with Crippen LogP contribution in [0.3, 0.4) is 0 Å². The van der Waals surface area contributed by atoms with Crippen LogP contribution in [0.1, 0.15) is 63.6 Å². The third kappa shape index (κ3) is 6.44. The van der Waals surface area contributed by atoms with Crippen molar-refractivity contribution in [1.29, 1.82) is 0 Å². The van der Waals surface area contributed by atoms with Gasteiger partial charge in [0.25, 0.3) is 0 Å². The highest BCUT2D eigenvalue weighted by atomic mass is 16.5. The molecule has 0 bridgehead atoms. The van der Waals surface area contributed by atoms with Crippen LogP contribution in [0.5, 0.6) is 0 Å². The zero-order chi connectivity index (χ0) is 18.2. The van der Waals surface area contributed by atoms with Gasteiger partial charge in [-0.1, -0.05) is 52.0 Å². The molecular formula is C21H34N2O2. The molecule has 1 N–H and O–H groups in total. The minimum Gasteiger partial charge on any atom is -0.464 e. The Bertz CT molecular complexity index is 519. The first-order valence-electron chi connectivity index (χ1n) is 9.77. The summed E-state index contributed by atoms with van der Waals surface area (Å²) in [6.45, 7) is 13.0. The second-order valence-corrected chi connectivity index (χ2v) is 7.31. The van der Waals surface area contributed by atoms with Crippen LogP contribution in [0.4, 0.5) is 0 Å². The SMILES string of the molecule is CCN(CC)CCNC(C(=O)OCC1CC1)c1ccc(C(C)C)cc1. The summed E-state index contributed by atoms with van der Waals surface area (Å²) in [5.74, 6) is 0.928. The zero-order valence-electron chi connectivity index (χ0n) is 16.3. The Morgan fingerprint density at radius 2 is 1.76 bits per heavy atom. The highest BCUT2D eigenvalue weighted by Gasteiger charge is 2.27. The fourth-order valence-electron chi connectivity index (χ4n) is 2.89. The van der Waals surface area contributed by atoms with E-state index in [0.717, 1.165) is 31.7 Å². The van der Waals surface area contributed by atoms with Gasteiger partial charge in [-0.2, -0.15) is 0 Å². The fraction of sp³-hybridized carbons (Fsp3) is 0.667. The quantitative estimate of drug-likeness (QED) is 0.620. The minimum atomic E-state index is -0.379. The summed E-state index contributed by atoms with van der Waals surface area (Å²) in [6, 6.07) is 7.97. The molecule has 1 aromatic carbocycles. The third-order valence-corrected chi connectivity index (χ3v) is 5.00. The number of benzene rings is 1. The van der Waals surface area contributed by atoms with Gasteiger partial charge in [-0.25, -0.2) is 4.79 Å². The van der Waals surface area contributed by atoms with E-state index in [0.29, 0.717) is 18.4 Å². The van der Waals surface area contributed by atoms with Crippen molar-refractivity contribution in [2.45, 2.75) is 52.5 Å². The first kappa shape index (κ1) is 19.9. The van der Waals surface area contributed by atoms with Gasteiger partial charge in [0.05, 0.1) is 6.61 Å². The summed E-state index contributed by atoms with van der Waals surface area (Å²) < 4.78 is 5.56. The fourth-order valence-corrected chi connectivity index (χ4v) is 2.89. The molecule has 0 radical (unpaired) electrons. The predicted octanol–water partition coefficient (Wildman–Crippen LogP) is 3.74. The first-order chi connectivity index (χ1) is 12.0. The second kappa shape index (κ2) is 9.93. The van der Waals surface area contributed by atoms with Crippen LogP contribution in [-0.4, -0.2) is 43.7 Å². The van der Waals surface area contributed by atoms with E-state index in [2.05, 4.69) is 62.2 Å². The van der Waals surface area contributed by atoms with Crippen LogP contribution in [0.15, 0.2) is 24.3 Å². The van der Waals surface area contributed by atoms with Gasteiger partial charge in [-0.3, -0.25) is 5.32 Å². The molecule has 25 heavy (non-hydrogen) atoms. The summed E-state index contributed by atoms with van der Waals surface area (Å²) in [7, 11) is 0. The molecule has 0 aromatic heterocycles. The normalized spacial score (nSPS) is 15.6. The maximum absolute atomic E-state index is 12.6. The Balaban J connectivity index is 2.00. The number of rotatable bonds is 11. The van der Waals surface area contributed by atoms with E-state index in [1.165, 1.54) is 18.4 Å². The van der Waals surface area contributed by atoms with Gasteiger partial charge in [-0.15, -0.1) is 0 Å². The number of nitrogens with one attached hydrogen (secondary N) is 1. The number of hydrogen-bond acceptors (Lipinski definition) is 4. The average molecular weight is 347 g/mol. The Hall–Kier alpha value is -1.39. The lowest BCUT2D eigenvalue weighted by Crippen LogP contribution is -2.37. The Labute approximate surface area is 152 Å². The number of esters is 1. The topological polar surface area (TPSA) is 41.6 Å². The van der Waals surface area contributed by atoms with Gasteiger partial charge >= 0.3 is 5.97 Å². The molecule has 0 heterocycles. The van der Waals surface area contributed by atoms with Crippen molar-refractivity contribution in [2.24, 2.45) is 5.92 Å². The Morgan fingerprint density at radius 1 is 1.16 bits per heavy atom. The highest BCUT2D eigenvalue weighted by molar-refractivity contribution is 5.77. The van der Waals surface area contributed by atoms with Gasteiger partial charge in [0, 0.05) is 13.1 Å². The van der Waals surface area contributed by atoms with Crippen LogP contribution < -0.4 is 5.32 Å². The lowest BCUT2D eigenvalue weighted by atomic mass is 9.99. The van der Waals surface area contributed by atoms with Gasteiger partial charge in [0.2, 0.25) is 0 Å². The molecular weight excluding hydrogens is 312 g/mol. The van der Waals surface area contributed by atoms with E-state index < -0.39 is 0 Å². The maximum Gasteiger partial charge on any atom is 0.327 e. The molecule has 1 saturated carbocycles. The van der Waals surface area contributed by atoms with Crippen molar-refractivity contribution >= 4 is 5.97 Å². The van der Waals surface area contributed by atoms with Crippen molar-refractivity contribution in [3.8, 4) is 0 Å². The second-order valence-electron chi connectivity index (χ2n) is 7.31. The number of likely N-dealkylation sites (N-methyl/N-ethyl adjacent to an activating group) is 1. The minimum absolute atomic E-state index is 0.149. The van der Waals surface area contributed by atoms with Crippen LogP contribution in [0.2, 0.25) is 0 Å². The van der Waals surface area contributed by atoms with Crippen molar-refractivity contribution in [1.82, 2.24) is 10.2 Å². The third-order valence-electron chi connectivity index (χ3n) is 5.00. The molecule has 0 amide bonds. The van der Waals surface area contributed by atoms with Crippen molar-refractivity contribution < 1.29 is 9.53 Å². The van der Waals surface area contributed by atoms with Crippen molar-refractivity contribution in [3.05, 3.63) is 35.4 Å². The van der Waals surface area contributed by atoms with Crippen LogP contribution >= 0.6 is 0 Å². The Morgan fingerprint density at radius 3 is 2.28 bits per heavy atom. The number of carbonyl (C=O) groups excluding carboxylic acids is 1. The molecule has 140 valence electrons. The zero-order valence-corrected chi connectivity index (χ0v) is 16.3. The standard InChI is InChI=1S/C21H34N2O2/c1-5-23(6-2)14-13-22-20(21(24)25-15-17-7-8-17)19-11-9-18(10-12-19)16(3)4/h9-12,16-17,20,22H,5-8,13-15H2,1-4H3. The number of ether oxygens (including phenoxy) is 1. The van der Waals surface area contributed by atoms with Gasteiger partial charge in [-0.05, 0) is 48.9 Å². The van der Waals surface area contributed by atoms with E-state index in [1.54, 1.807) is 0 Å². The molecule has 1 unspecified atom stereocenters. The van der Waals surface area contributed by atoms with Crippen LogP contribution in [0, 0.1) is 5.92 Å². The van der Waals surface area contributed by atoms with Crippen LogP contribution in [-0.2, 0) is 9.53 Å². The summed E-state index contributed by atoms with van der Waals surface area (Å²) >= 11 is 0. The lowest BCUT2D eigenvalue weighted by molar-refractivity contribution is -0.146. The van der Waals surface area contributed by atoms with E-state index in [4.69, 9.17) is 4.74 Å². The van der Waals surface area contributed by atoms with E-state index in [1.807, 2.05) is 0 Å². The van der Waals surface area contributed by atoms with Crippen molar-refractivity contribution in [2.75, 3.05) is 32.8 Å². The van der Waals surface area contributed by atoms with Gasteiger partial charge in [0.15, 0.2) is 0 Å². The molecule has 1 fully saturated rings. The summed E-state index contributed by atoms with van der Waals surface area (Å²) in [5, 5.41) is 3.41. The molecule has 1 atom stereocenters. The number of nitrogens with zero attached hydrogens (tertiary/aromatic N) is 1. The number of carbonyl (C=O) groups is 1.